The summed E-state index contributed by atoms with van der Waals surface area (Å²) in [6.45, 7) is -0.410. The molecule has 3 aromatic rings. The molecule has 0 saturated carbocycles. The highest BCUT2D eigenvalue weighted by Gasteiger charge is 2.30. The Morgan fingerprint density at radius 2 is 1.71 bits per heavy atom. The minimum absolute atomic E-state index is 0.115. The number of anilines is 1. The van der Waals surface area contributed by atoms with E-state index >= 15 is 0 Å². The Morgan fingerprint density at radius 1 is 1.00 bits per heavy atom. The van der Waals surface area contributed by atoms with E-state index in [4.69, 9.17) is 11.6 Å². The molecule has 0 aromatic heterocycles. The number of nitrogens with one attached hydrogen (secondary N) is 1. The van der Waals surface area contributed by atoms with Gasteiger partial charge in [0.15, 0.2) is 0 Å². The zero-order chi connectivity index (χ0) is 24.6. The molecule has 1 aliphatic rings. The predicted molar refractivity (Wildman–Crippen MR) is 118 cm³/mol. The summed E-state index contributed by atoms with van der Waals surface area (Å²) in [5.41, 5.74) is 0.843. The standard InChI is InChI=1S/C24H18ClF4N3O2/c1-31-11-14-6-5-13(23(33)30-10-16-20(28)8-15(26)9-21(16)29)7-22(14)32(24(31)34)12-17-18(25)3-2-4-19(17)27/h2-9H,10-12H2,1H3,(H,30,33). The molecule has 1 aliphatic heterocycles. The Balaban J connectivity index is 1.62. The number of amides is 3. The summed E-state index contributed by atoms with van der Waals surface area (Å²) >= 11 is 6.14. The lowest BCUT2D eigenvalue weighted by molar-refractivity contribution is 0.0950. The fourth-order valence-corrected chi connectivity index (χ4v) is 3.95. The number of urea groups is 1. The van der Waals surface area contributed by atoms with E-state index in [0.29, 0.717) is 23.4 Å². The summed E-state index contributed by atoms with van der Waals surface area (Å²) in [6, 6.07) is 9.42. The Morgan fingerprint density at radius 3 is 2.38 bits per heavy atom. The van der Waals surface area contributed by atoms with Crippen LogP contribution in [0, 0.1) is 23.3 Å². The fraction of sp³-hybridized carbons (Fsp3) is 0.167. The lowest BCUT2D eigenvalue weighted by Gasteiger charge is -2.35. The number of fused-ring (bicyclic) bond motifs is 1. The molecule has 176 valence electrons. The largest absolute Gasteiger partial charge is 0.348 e. The highest BCUT2D eigenvalue weighted by atomic mass is 35.5. The number of carbonyl (C=O) groups excluding carboxylic acids is 2. The van der Waals surface area contributed by atoms with Crippen LogP contribution < -0.4 is 10.2 Å². The average Bonchev–Trinajstić information content (AvgIpc) is 2.77. The zero-order valence-electron chi connectivity index (χ0n) is 17.8. The molecule has 0 unspecified atom stereocenters. The number of halogens is 5. The number of carbonyl (C=O) groups is 2. The minimum atomic E-state index is -1.12. The topological polar surface area (TPSA) is 52.7 Å². The Labute approximate surface area is 197 Å². The molecule has 0 atom stereocenters. The molecule has 0 spiro atoms. The fourth-order valence-electron chi connectivity index (χ4n) is 3.73. The summed E-state index contributed by atoms with van der Waals surface area (Å²) in [7, 11) is 1.59. The average molecular weight is 492 g/mol. The van der Waals surface area contributed by atoms with Crippen molar-refractivity contribution in [2.24, 2.45) is 0 Å². The molecule has 34 heavy (non-hydrogen) atoms. The molecule has 1 N–H and O–H groups in total. The van der Waals surface area contributed by atoms with Gasteiger partial charge in [0.25, 0.3) is 5.91 Å². The van der Waals surface area contributed by atoms with Crippen LogP contribution in [-0.2, 0) is 19.6 Å². The number of hydrogen-bond donors (Lipinski definition) is 1. The minimum Gasteiger partial charge on any atom is -0.348 e. The summed E-state index contributed by atoms with van der Waals surface area (Å²) in [4.78, 5) is 28.3. The smallest absolute Gasteiger partial charge is 0.324 e. The summed E-state index contributed by atoms with van der Waals surface area (Å²) in [5, 5.41) is 2.54. The molecule has 5 nitrogen and oxygen atoms in total. The lowest BCUT2D eigenvalue weighted by Crippen LogP contribution is -2.45. The molecular formula is C24H18ClF4N3O2. The van der Waals surface area contributed by atoms with Gasteiger partial charge < -0.3 is 10.2 Å². The summed E-state index contributed by atoms with van der Waals surface area (Å²) in [5.74, 6) is -4.55. The van der Waals surface area contributed by atoms with E-state index in [0.717, 1.165) is 0 Å². The molecule has 0 bridgehead atoms. The van der Waals surface area contributed by atoms with Crippen LogP contribution >= 0.6 is 11.6 Å². The van der Waals surface area contributed by atoms with Crippen LogP contribution in [0.5, 0.6) is 0 Å². The highest BCUT2D eigenvalue weighted by molar-refractivity contribution is 6.31. The van der Waals surface area contributed by atoms with Crippen LogP contribution in [0.2, 0.25) is 5.02 Å². The van der Waals surface area contributed by atoms with Crippen LogP contribution in [0.15, 0.2) is 48.5 Å². The van der Waals surface area contributed by atoms with Gasteiger partial charge in [-0.05, 0) is 29.8 Å². The molecule has 0 fully saturated rings. The van der Waals surface area contributed by atoms with E-state index < -0.39 is 47.3 Å². The first-order chi connectivity index (χ1) is 16.2. The van der Waals surface area contributed by atoms with Gasteiger partial charge in [0, 0.05) is 54.0 Å². The van der Waals surface area contributed by atoms with Crippen molar-refractivity contribution in [1.29, 1.82) is 0 Å². The second kappa shape index (κ2) is 9.34. The Hall–Kier alpha value is -3.59. The Kier molecular flexibility index (Phi) is 6.47. The van der Waals surface area contributed by atoms with Crippen LogP contribution in [0.1, 0.15) is 27.0 Å². The molecule has 0 aliphatic carbocycles. The first-order valence-electron chi connectivity index (χ1n) is 10.2. The maximum atomic E-state index is 14.4. The first kappa shape index (κ1) is 23.6. The van der Waals surface area contributed by atoms with E-state index in [1.165, 1.54) is 40.1 Å². The Bertz CT molecular complexity index is 1260. The number of hydrogen-bond acceptors (Lipinski definition) is 2. The van der Waals surface area contributed by atoms with Crippen LogP contribution in [0.4, 0.5) is 28.0 Å². The van der Waals surface area contributed by atoms with Crippen molar-refractivity contribution >= 4 is 29.2 Å². The van der Waals surface area contributed by atoms with E-state index in [2.05, 4.69) is 5.32 Å². The maximum absolute atomic E-state index is 14.4. The third kappa shape index (κ3) is 4.56. The quantitative estimate of drug-likeness (QED) is 0.486. The van der Waals surface area contributed by atoms with Crippen molar-refractivity contribution in [3.05, 3.63) is 99.1 Å². The molecule has 3 amide bonds. The van der Waals surface area contributed by atoms with Crippen LogP contribution in [0.25, 0.3) is 0 Å². The van der Waals surface area contributed by atoms with Gasteiger partial charge in [-0.1, -0.05) is 23.7 Å². The molecule has 4 rings (SSSR count). The van der Waals surface area contributed by atoms with E-state index in [1.54, 1.807) is 13.1 Å². The van der Waals surface area contributed by atoms with Gasteiger partial charge >= 0.3 is 6.03 Å². The van der Waals surface area contributed by atoms with Gasteiger partial charge in [-0.15, -0.1) is 0 Å². The van der Waals surface area contributed by atoms with Crippen molar-refractivity contribution in [3.8, 4) is 0 Å². The molecule has 0 saturated heterocycles. The third-order valence-electron chi connectivity index (χ3n) is 5.51. The molecule has 10 heteroatoms. The SMILES string of the molecule is CN1Cc2ccc(C(=O)NCc3c(F)cc(F)cc3F)cc2N(Cc2c(F)cccc2Cl)C1=O. The molecule has 0 radical (unpaired) electrons. The third-order valence-corrected chi connectivity index (χ3v) is 5.87. The lowest BCUT2D eigenvalue weighted by atomic mass is 10.0. The van der Waals surface area contributed by atoms with E-state index in [1.807, 2.05) is 0 Å². The number of nitrogens with zero attached hydrogens (tertiary/aromatic N) is 2. The molecular weight excluding hydrogens is 474 g/mol. The van der Waals surface area contributed by atoms with Crippen molar-refractivity contribution in [2.75, 3.05) is 11.9 Å². The van der Waals surface area contributed by atoms with Crippen molar-refractivity contribution in [1.82, 2.24) is 10.2 Å². The maximum Gasteiger partial charge on any atom is 0.324 e. The zero-order valence-corrected chi connectivity index (χ0v) is 18.6. The van der Waals surface area contributed by atoms with Gasteiger partial charge in [0.2, 0.25) is 0 Å². The molecule has 1 heterocycles. The monoisotopic (exact) mass is 491 g/mol. The van der Waals surface area contributed by atoms with Gasteiger partial charge in [0.05, 0.1) is 12.2 Å². The van der Waals surface area contributed by atoms with Crippen LogP contribution in [-0.4, -0.2) is 23.9 Å². The summed E-state index contributed by atoms with van der Waals surface area (Å²) in [6.07, 6.45) is 0. The van der Waals surface area contributed by atoms with Crippen molar-refractivity contribution < 1.29 is 27.2 Å². The molecule has 3 aromatic carbocycles. The van der Waals surface area contributed by atoms with Gasteiger partial charge in [-0.2, -0.15) is 0 Å². The second-order valence-corrected chi connectivity index (χ2v) is 8.21. The van der Waals surface area contributed by atoms with Gasteiger partial charge in [-0.25, -0.2) is 22.4 Å². The summed E-state index contributed by atoms with van der Waals surface area (Å²) < 4.78 is 55.2. The van der Waals surface area contributed by atoms with Gasteiger partial charge in [0.1, 0.15) is 23.3 Å². The normalized spacial score (nSPS) is 13.2. The van der Waals surface area contributed by atoms with Crippen LogP contribution in [0.3, 0.4) is 0 Å². The van der Waals surface area contributed by atoms with Crippen molar-refractivity contribution in [3.63, 3.8) is 0 Å². The van der Waals surface area contributed by atoms with Crippen molar-refractivity contribution in [2.45, 2.75) is 19.6 Å². The second-order valence-electron chi connectivity index (χ2n) is 7.80. The predicted octanol–water partition coefficient (Wildman–Crippen LogP) is 5.40. The highest BCUT2D eigenvalue weighted by Crippen LogP contribution is 2.32. The number of benzene rings is 3. The van der Waals surface area contributed by atoms with E-state index in [-0.39, 0.29) is 29.2 Å². The van der Waals surface area contributed by atoms with E-state index in [9.17, 15) is 27.2 Å². The first-order valence-corrected chi connectivity index (χ1v) is 10.5. The number of rotatable bonds is 5. The van der Waals surface area contributed by atoms with Gasteiger partial charge in [-0.3, -0.25) is 9.69 Å².